The van der Waals surface area contributed by atoms with Crippen LogP contribution in [0.4, 0.5) is 17.6 Å². The maximum Gasteiger partial charge on any atom is 0.435 e. The molecule has 0 saturated carbocycles. The molecule has 2 bridgehead atoms. The molecule has 1 fully saturated rings. The zero-order valence-electron chi connectivity index (χ0n) is 19.6. The number of pyridine rings is 1. The topological polar surface area (TPSA) is 68.8 Å². The van der Waals surface area contributed by atoms with Gasteiger partial charge in [0, 0.05) is 37.3 Å². The zero-order chi connectivity index (χ0) is 25.4. The van der Waals surface area contributed by atoms with Gasteiger partial charge in [-0.15, -0.1) is 0 Å². The fourth-order valence-electron chi connectivity index (χ4n) is 5.68. The minimum atomic E-state index is -4.55. The maximum absolute atomic E-state index is 14.4. The third-order valence-electron chi connectivity index (χ3n) is 7.24. The molecular weight excluding hydrogens is 476 g/mol. The Hall–Kier alpha value is -3.76. The molecule has 0 radical (unpaired) electrons. The van der Waals surface area contributed by atoms with E-state index >= 15 is 0 Å². The number of aromatic nitrogens is 5. The quantitative estimate of drug-likeness (QED) is 0.372. The second-order valence-corrected chi connectivity index (χ2v) is 9.42. The van der Waals surface area contributed by atoms with Gasteiger partial charge in [-0.3, -0.25) is 19.1 Å². The monoisotopic (exact) mass is 498 g/mol. The van der Waals surface area contributed by atoms with Crippen LogP contribution in [-0.4, -0.2) is 41.4 Å². The van der Waals surface area contributed by atoms with Gasteiger partial charge in [0.1, 0.15) is 5.82 Å². The SMILES string of the molecule is Cn1nc(C(F)(F)F)cc1-c1c2c(nn1C)[C@@H]1CCC[C@H](C2)N1C(=O)c1cnc2cccc(F)c2c1. The molecule has 1 amide bonds. The van der Waals surface area contributed by atoms with E-state index in [9.17, 15) is 22.4 Å². The Morgan fingerprint density at radius 2 is 1.89 bits per heavy atom. The molecule has 2 aliphatic heterocycles. The summed E-state index contributed by atoms with van der Waals surface area (Å²) in [7, 11) is 3.18. The summed E-state index contributed by atoms with van der Waals surface area (Å²) in [6.07, 6.45) is -0.290. The fraction of sp³-hybridized carbons (Fsp3) is 0.360. The standard InChI is InChI=1S/C25H22F4N6O/c1-33-20(11-21(31-33)25(27,28)29)23-16-10-14-5-3-8-19(22(16)32-34(23)2)35(14)24(36)13-9-15-17(26)6-4-7-18(15)30-12-13/h4,6-7,9,11-12,14,19H,3,5,8,10H2,1-2H3/t14-,19+/m1/s1. The van der Waals surface area contributed by atoms with Crippen LogP contribution in [0, 0.1) is 5.82 Å². The lowest BCUT2D eigenvalue weighted by Crippen LogP contribution is -2.49. The third kappa shape index (κ3) is 3.40. The molecule has 1 aromatic carbocycles. The molecule has 0 unspecified atom stereocenters. The third-order valence-corrected chi connectivity index (χ3v) is 7.24. The number of hydrogen-bond donors (Lipinski definition) is 0. The summed E-state index contributed by atoms with van der Waals surface area (Å²) in [4.78, 5) is 19.8. The number of halogens is 4. The summed E-state index contributed by atoms with van der Waals surface area (Å²) in [5, 5.41) is 8.62. The second kappa shape index (κ2) is 7.87. The molecule has 1 saturated heterocycles. The van der Waals surface area contributed by atoms with Crippen LogP contribution in [0.25, 0.3) is 22.3 Å². The molecule has 0 spiro atoms. The molecule has 186 valence electrons. The molecule has 3 aromatic heterocycles. The summed E-state index contributed by atoms with van der Waals surface area (Å²) in [6, 6.07) is 6.68. The number of carbonyl (C=O) groups excluding carboxylic acids is 1. The number of rotatable bonds is 2. The lowest BCUT2D eigenvalue weighted by Gasteiger charge is -2.45. The average molecular weight is 498 g/mol. The highest BCUT2D eigenvalue weighted by molar-refractivity contribution is 5.98. The van der Waals surface area contributed by atoms with E-state index in [0.29, 0.717) is 41.0 Å². The van der Waals surface area contributed by atoms with Gasteiger partial charge in [-0.05, 0) is 49.9 Å². The van der Waals surface area contributed by atoms with Gasteiger partial charge in [0.2, 0.25) is 0 Å². The number of amides is 1. The first-order valence-electron chi connectivity index (χ1n) is 11.7. The highest BCUT2D eigenvalue weighted by Gasteiger charge is 2.44. The normalized spacial score (nSPS) is 19.6. The van der Waals surface area contributed by atoms with Crippen molar-refractivity contribution in [1.82, 2.24) is 29.4 Å². The fourth-order valence-corrected chi connectivity index (χ4v) is 5.68. The largest absolute Gasteiger partial charge is 0.435 e. The van der Waals surface area contributed by atoms with Gasteiger partial charge < -0.3 is 4.90 Å². The Morgan fingerprint density at radius 3 is 2.64 bits per heavy atom. The van der Waals surface area contributed by atoms with Crippen molar-refractivity contribution in [2.75, 3.05) is 0 Å². The van der Waals surface area contributed by atoms with Crippen LogP contribution >= 0.6 is 0 Å². The van der Waals surface area contributed by atoms with Crippen LogP contribution in [0.1, 0.15) is 52.6 Å². The smallest absolute Gasteiger partial charge is 0.327 e. The number of fused-ring (bicyclic) bond motifs is 5. The molecule has 11 heteroatoms. The van der Waals surface area contributed by atoms with E-state index in [0.717, 1.165) is 24.5 Å². The van der Waals surface area contributed by atoms with Gasteiger partial charge in [0.25, 0.3) is 5.91 Å². The van der Waals surface area contributed by atoms with Crippen molar-refractivity contribution in [2.45, 2.75) is 43.9 Å². The highest BCUT2D eigenvalue weighted by Crippen LogP contribution is 2.45. The molecule has 6 rings (SSSR count). The van der Waals surface area contributed by atoms with Gasteiger partial charge in [0.15, 0.2) is 5.69 Å². The van der Waals surface area contributed by atoms with Crippen molar-refractivity contribution in [2.24, 2.45) is 14.1 Å². The van der Waals surface area contributed by atoms with Crippen LogP contribution in [0.5, 0.6) is 0 Å². The predicted molar refractivity (Wildman–Crippen MR) is 122 cm³/mol. The molecular formula is C25H22F4N6O. The number of hydrogen-bond acceptors (Lipinski definition) is 4. The van der Waals surface area contributed by atoms with Crippen molar-refractivity contribution >= 4 is 16.8 Å². The molecule has 2 atom stereocenters. The summed E-state index contributed by atoms with van der Waals surface area (Å²) >= 11 is 0. The lowest BCUT2D eigenvalue weighted by molar-refractivity contribution is -0.141. The van der Waals surface area contributed by atoms with Crippen LogP contribution in [0.2, 0.25) is 0 Å². The van der Waals surface area contributed by atoms with E-state index in [1.807, 2.05) is 0 Å². The molecule has 7 nitrogen and oxygen atoms in total. The predicted octanol–water partition coefficient (Wildman–Crippen LogP) is 4.82. The van der Waals surface area contributed by atoms with Crippen LogP contribution in [0.3, 0.4) is 0 Å². The first-order chi connectivity index (χ1) is 17.1. The van der Waals surface area contributed by atoms with E-state index in [1.54, 1.807) is 28.8 Å². The number of piperidine rings is 1. The molecule has 0 N–H and O–H groups in total. The molecule has 2 aliphatic rings. The summed E-state index contributed by atoms with van der Waals surface area (Å²) in [6.45, 7) is 0. The second-order valence-electron chi connectivity index (χ2n) is 9.42. The first-order valence-corrected chi connectivity index (χ1v) is 11.7. The lowest BCUT2D eigenvalue weighted by atomic mass is 9.81. The number of alkyl halides is 3. The average Bonchev–Trinajstić information content (AvgIpc) is 3.37. The Bertz CT molecular complexity index is 1520. The van der Waals surface area contributed by atoms with E-state index in [4.69, 9.17) is 0 Å². The van der Waals surface area contributed by atoms with Crippen molar-refractivity contribution in [3.63, 3.8) is 0 Å². The highest BCUT2D eigenvalue weighted by atomic mass is 19.4. The van der Waals surface area contributed by atoms with Crippen LogP contribution < -0.4 is 0 Å². The van der Waals surface area contributed by atoms with E-state index in [1.165, 1.54) is 30.1 Å². The molecule has 36 heavy (non-hydrogen) atoms. The van der Waals surface area contributed by atoms with Gasteiger partial charge in [-0.2, -0.15) is 23.4 Å². The molecule has 5 heterocycles. The van der Waals surface area contributed by atoms with E-state index < -0.39 is 17.7 Å². The van der Waals surface area contributed by atoms with Gasteiger partial charge in [-0.1, -0.05) is 6.07 Å². The Kier molecular flexibility index (Phi) is 4.96. The van der Waals surface area contributed by atoms with Crippen molar-refractivity contribution in [3.05, 3.63) is 64.9 Å². The van der Waals surface area contributed by atoms with Crippen molar-refractivity contribution in [1.29, 1.82) is 0 Å². The van der Waals surface area contributed by atoms with Gasteiger partial charge in [-0.25, -0.2) is 4.39 Å². The molecule has 0 aliphatic carbocycles. The number of nitrogens with zero attached hydrogens (tertiary/aromatic N) is 6. The number of benzene rings is 1. The Labute approximate surface area is 203 Å². The van der Waals surface area contributed by atoms with Gasteiger partial charge in [0.05, 0.1) is 34.2 Å². The number of aryl methyl sites for hydroxylation is 2. The summed E-state index contributed by atoms with van der Waals surface area (Å²) < 4.78 is 57.1. The minimum Gasteiger partial charge on any atom is -0.327 e. The summed E-state index contributed by atoms with van der Waals surface area (Å²) in [5.74, 6) is -0.695. The van der Waals surface area contributed by atoms with Crippen LogP contribution in [-0.2, 0) is 26.7 Å². The zero-order valence-corrected chi connectivity index (χ0v) is 19.6. The van der Waals surface area contributed by atoms with Crippen LogP contribution in [0.15, 0.2) is 36.5 Å². The maximum atomic E-state index is 14.4. The minimum absolute atomic E-state index is 0.154. The Balaban J connectivity index is 1.42. The molecule has 4 aromatic rings. The van der Waals surface area contributed by atoms with E-state index in [-0.39, 0.29) is 23.4 Å². The summed E-state index contributed by atoms with van der Waals surface area (Å²) in [5.41, 5.74) is 2.24. The number of carbonyl (C=O) groups is 1. The van der Waals surface area contributed by atoms with Gasteiger partial charge >= 0.3 is 6.18 Å². The Morgan fingerprint density at radius 1 is 1.08 bits per heavy atom. The van der Waals surface area contributed by atoms with Crippen molar-refractivity contribution in [3.8, 4) is 11.4 Å². The first kappa shape index (κ1) is 22.7. The van der Waals surface area contributed by atoms with Crippen molar-refractivity contribution < 1.29 is 22.4 Å². The van der Waals surface area contributed by atoms with E-state index in [2.05, 4.69) is 15.2 Å².